The van der Waals surface area contributed by atoms with Crippen LogP contribution in [0.5, 0.6) is 5.75 Å². The number of nitrogens with two attached hydrogens (primary N) is 1. The van der Waals surface area contributed by atoms with Crippen LogP contribution in [-0.4, -0.2) is 27.2 Å². The highest BCUT2D eigenvalue weighted by Gasteiger charge is 2.20. The number of benzene rings is 2. The van der Waals surface area contributed by atoms with Crippen molar-refractivity contribution in [2.24, 2.45) is 10.7 Å². The summed E-state index contributed by atoms with van der Waals surface area (Å²) in [6, 6.07) is 14.9. The molecule has 0 aliphatic heterocycles. The van der Waals surface area contributed by atoms with Crippen molar-refractivity contribution in [2.45, 2.75) is 26.4 Å². The number of H-pyrrole nitrogens is 2. The molecular weight excluding hydrogens is 422 g/mol. The molecule has 9 heteroatoms. The fourth-order valence-corrected chi connectivity index (χ4v) is 3.46. The van der Waals surface area contributed by atoms with Crippen LogP contribution in [0, 0.1) is 6.92 Å². The molecule has 1 heterocycles. The third-order valence-corrected chi connectivity index (χ3v) is 5.17. The second-order valence-corrected chi connectivity index (χ2v) is 7.42. The van der Waals surface area contributed by atoms with Gasteiger partial charge in [0, 0.05) is 18.0 Å². The summed E-state index contributed by atoms with van der Waals surface area (Å²) < 4.78 is 0. The molecule has 0 fully saturated rings. The third kappa shape index (κ3) is 5.45. The number of aliphatic imine (C=N–C) groups is 1. The van der Waals surface area contributed by atoms with Crippen LogP contribution < -0.4 is 22.3 Å². The molecule has 1 atom stereocenters. The Hall–Kier alpha value is -4.40. The molecule has 2 aromatic carbocycles. The molecule has 0 unspecified atom stereocenters. The maximum atomic E-state index is 12.6. The van der Waals surface area contributed by atoms with Gasteiger partial charge in [0.25, 0.3) is 11.5 Å². The van der Waals surface area contributed by atoms with Crippen LogP contribution >= 0.6 is 0 Å². The maximum Gasteiger partial charge on any atom is 0.326 e. The van der Waals surface area contributed by atoms with E-state index >= 15 is 0 Å². The zero-order valence-electron chi connectivity index (χ0n) is 18.3. The molecule has 6 N–H and O–H groups in total. The van der Waals surface area contributed by atoms with Gasteiger partial charge in [-0.1, -0.05) is 48.5 Å². The van der Waals surface area contributed by atoms with Crippen LogP contribution in [0.3, 0.4) is 0 Å². The smallest absolute Gasteiger partial charge is 0.326 e. The number of nitrogens with zero attached hydrogens (tertiary/aromatic N) is 1. The number of aromatic amines is 2. The molecule has 0 aliphatic carbocycles. The quantitative estimate of drug-likeness (QED) is 0.351. The standard InChI is InChI=1S/C24H25N5O4/c1-14-18(15(2)27-22(31)20-21(30)23(32)29-24(33)28-20)9-6-10-19(14)17(11-25)13-26-12-16-7-4-3-5-8-16/h3-11,13,15,30H,12,25H2,1-2H3,(H,27,31)(H2,28,29,32,33)/b17-11+,26-13?/t15-/m1/s1. The Bertz CT molecular complexity index is 1320. The molecule has 170 valence electrons. The lowest BCUT2D eigenvalue weighted by molar-refractivity contribution is 0.0931. The summed E-state index contributed by atoms with van der Waals surface area (Å²) in [6.45, 7) is 4.16. The maximum absolute atomic E-state index is 12.6. The summed E-state index contributed by atoms with van der Waals surface area (Å²) in [5.41, 5.74) is 7.75. The van der Waals surface area contributed by atoms with E-state index in [0.29, 0.717) is 6.54 Å². The number of hydrogen-bond acceptors (Lipinski definition) is 6. The molecule has 3 aromatic rings. The molecule has 0 aliphatic rings. The Morgan fingerprint density at radius 1 is 1.15 bits per heavy atom. The van der Waals surface area contributed by atoms with E-state index in [1.165, 1.54) is 6.20 Å². The van der Waals surface area contributed by atoms with Crippen LogP contribution in [0.1, 0.15) is 45.7 Å². The lowest BCUT2D eigenvalue weighted by Gasteiger charge is -2.19. The predicted octanol–water partition coefficient (Wildman–Crippen LogP) is 2.14. The van der Waals surface area contributed by atoms with E-state index in [4.69, 9.17) is 5.73 Å². The molecule has 9 nitrogen and oxygen atoms in total. The zero-order valence-corrected chi connectivity index (χ0v) is 18.3. The van der Waals surface area contributed by atoms with Crippen molar-refractivity contribution in [3.8, 4) is 5.75 Å². The summed E-state index contributed by atoms with van der Waals surface area (Å²) in [6.07, 6.45) is 3.18. The molecule has 0 spiro atoms. The molecule has 3 rings (SSSR count). The highest BCUT2D eigenvalue weighted by molar-refractivity contribution is 6.10. The van der Waals surface area contributed by atoms with Crippen molar-refractivity contribution in [1.82, 2.24) is 15.3 Å². The largest absolute Gasteiger partial charge is 0.501 e. The van der Waals surface area contributed by atoms with Crippen LogP contribution in [0.25, 0.3) is 5.57 Å². The molecule has 0 saturated heterocycles. The predicted molar refractivity (Wildman–Crippen MR) is 127 cm³/mol. The number of aromatic nitrogens is 2. The van der Waals surface area contributed by atoms with E-state index in [0.717, 1.165) is 27.8 Å². The first-order chi connectivity index (χ1) is 15.8. The van der Waals surface area contributed by atoms with Crippen LogP contribution in [-0.2, 0) is 6.54 Å². The van der Waals surface area contributed by atoms with Gasteiger partial charge in [0.05, 0.1) is 12.6 Å². The van der Waals surface area contributed by atoms with Crippen molar-refractivity contribution < 1.29 is 9.90 Å². The van der Waals surface area contributed by atoms with E-state index in [9.17, 15) is 19.5 Å². The van der Waals surface area contributed by atoms with Crippen LogP contribution in [0.2, 0.25) is 0 Å². The second kappa shape index (κ2) is 10.3. The first-order valence-electron chi connectivity index (χ1n) is 10.2. The van der Waals surface area contributed by atoms with Crippen molar-refractivity contribution in [1.29, 1.82) is 0 Å². The Kier molecular flexibility index (Phi) is 7.24. The first-order valence-corrected chi connectivity index (χ1v) is 10.2. The average molecular weight is 447 g/mol. The van der Waals surface area contributed by atoms with Gasteiger partial charge < -0.3 is 16.2 Å². The Balaban J connectivity index is 1.82. The van der Waals surface area contributed by atoms with Gasteiger partial charge in [-0.3, -0.25) is 24.5 Å². The van der Waals surface area contributed by atoms with Crippen molar-refractivity contribution >= 4 is 17.7 Å². The summed E-state index contributed by atoms with van der Waals surface area (Å²) in [4.78, 5) is 44.1. The second-order valence-electron chi connectivity index (χ2n) is 7.42. The summed E-state index contributed by atoms with van der Waals surface area (Å²) in [5, 5.41) is 12.5. The van der Waals surface area contributed by atoms with Gasteiger partial charge in [-0.15, -0.1) is 0 Å². The van der Waals surface area contributed by atoms with Crippen molar-refractivity contribution in [3.63, 3.8) is 0 Å². The monoisotopic (exact) mass is 447 g/mol. The van der Waals surface area contributed by atoms with Gasteiger partial charge in [-0.2, -0.15) is 0 Å². The van der Waals surface area contributed by atoms with Gasteiger partial charge in [-0.25, -0.2) is 4.79 Å². The number of aromatic hydroxyl groups is 1. The number of carbonyl (C=O) groups excluding carboxylic acids is 1. The lowest BCUT2D eigenvalue weighted by atomic mass is 9.94. The fourth-order valence-electron chi connectivity index (χ4n) is 3.46. The first kappa shape index (κ1) is 23.3. The minimum Gasteiger partial charge on any atom is -0.501 e. The number of carbonyl (C=O) groups is 1. The lowest BCUT2D eigenvalue weighted by Crippen LogP contribution is -2.33. The molecular formula is C24H25N5O4. The van der Waals surface area contributed by atoms with E-state index in [-0.39, 0.29) is 0 Å². The van der Waals surface area contributed by atoms with Crippen LogP contribution in [0.4, 0.5) is 0 Å². The Morgan fingerprint density at radius 3 is 2.58 bits per heavy atom. The van der Waals surface area contributed by atoms with Crippen molar-refractivity contribution in [2.75, 3.05) is 0 Å². The SMILES string of the molecule is Cc1c(/C(C=NCc2ccccc2)=C/N)cccc1[C@@H](C)NC(=O)c1[nH]c(=O)[nH]c(=O)c1O. The number of rotatable bonds is 7. The van der Waals surface area contributed by atoms with Gasteiger partial charge >= 0.3 is 5.69 Å². The van der Waals surface area contributed by atoms with Crippen molar-refractivity contribution in [3.05, 3.63) is 104 Å². The average Bonchev–Trinajstić information content (AvgIpc) is 2.80. The molecule has 1 aromatic heterocycles. The van der Waals surface area contributed by atoms with E-state index < -0.39 is 34.6 Å². The Morgan fingerprint density at radius 2 is 1.88 bits per heavy atom. The molecule has 1 amide bonds. The number of amides is 1. The minimum atomic E-state index is -1.04. The van der Waals surface area contributed by atoms with Gasteiger partial charge in [-0.05, 0) is 36.1 Å². The van der Waals surface area contributed by atoms with Gasteiger partial charge in [0.15, 0.2) is 5.69 Å². The van der Waals surface area contributed by atoms with E-state index in [1.54, 1.807) is 13.1 Å². The fraction of sp³-hybridized carbons (Fsp3) is 0.167. The van der Waals surface area contributed by atoms with Crippen LogP contribution in [0.15, 0.2) is 69.3 Å². The minimum absolute atomic E-state index is 0.500. The number of allylic oxidation sites excluding steroid dienone is 1. The molecule has 0 bridgehead atoms. The summed E-state index contributed by atoms with van der Waals surface area (Å²) in [5.74, 6) is -1.64. The van der Waals surface area contributed by atoms with E-state index in [1.807, 2.05) is 60.4 Å². The van der Waals surface area contributed by atoms with E-state index in [2.05, 4.69) is 15.3 Å². The molecule has 0 saturated carbocycles. The van der Waals surface area contributed by atoms with Gasteiger partial charge in [0.2, 0.25) is 5.75 Å². The molecule has 33 heavy (non-hydrogen) atoms. The number of nitrogens with one attached hydrogen (secondary N) is 3. The number of hydrogen-bond donors (Lipinski definition) is 5. The normalized spacial score (nSPS) is 12.6. The summed E-state index contributed by atoms with van der Waals surface area (Å²) in [7, 11) is 0. The highest BCUT2D eigenvalue weighted by atomic mass is 16.3. The topological polar surface area (TPSA) is 153 Å². The summed E-state index contributed by atoms with van der Waals surface area (Å²) >= 11 is 0. The van der Waals surface area contributed by atoms with Gasteiger partial charge in [0.1, 0.15) is 0 Å². The highest BCUT2D eigenvalue weighted by Crippen LogP contribution is 2.25. The third-order valence-electron chi connectivity index (χ3n) is 5.17. The molecule has 0 radical (unpaired) electrons. The Labute approximate surface area is 189 Å². The zero-order chi connectivity index (χ0) is 24.0.